The van der Waals surface area contributed by atoms with Gasteiger partial charge in [-0.2, -0.15) is 0 Å². The van der Waals surface area contributed by atoms with Crippen LogP contribution in [0.25, 0.3) is 0 Å². The van der Waals surface area contributed by atoms with Gasteiger partial charge in [-0.15, -0.1) is 0 Å². The molecule has 0 spiro atoms. The second kappa shape index (κ2) is 36.4. The van der Waals surface area contributed by atoms with Crippen molar-refractivity contribution in [2.45, 2.75) is 273 Å². The van der Waals surface area contributed by atoms with Gasteiger partial charge in [0.15, 0.2) is 0 Å². The molecule has 0 aliphatic heterocycles. The maximum absolute atomic E-state index is 6.54. The molecule has 4 unspecified atom stereocenters. The summed E-state index contributed by atoms with van der Waals surface area (Å²) in [7, 11) is -1.79. The Balaban J connectivity index is 0.000000282. The molecule has 2 nitrogen and oxygen atoms in total. The Bertz CT molecular complexity index is 2790. The molecule has 0 N–H and O–H groups in total. The molecule has 484 valence electrons. The molecule has 6 aromatic carbocycles. The van der Waals surface area contributed by atoms with E-state index in [-0.39, 0.29) is 62.2 Å². The molecule has 4 fully saturated rings. The van der Waals surface area contributed by atoms with Crippen LogP contribution in [0.3, 0.4) is 0 Å². The smallest absolute Gasteiger partial charge is 0.127 e. The van der Waals surface area contributed by atoms with E-state index < -0.39 is 15.8 Å². The van der Waals surface area contributed by atoms with Crippen molar-refractivity contribution in [2.75, 3.05) is 0 Å². The quantitative estimate of drug-likeness (QED) is 0.0710. The molecule has 0 heterocycles. The van der Waals surface area contributed by atoms with Gasteiger partial charge in [0.1, 0.15) is 11.5 Å². The first-order valence-electron chi connectivity index (χ1n) is 33.9. The Morgan fingerprint density at radius 2 is 0.670 bits per heavy atom. The predicted octanol–water partition coefficient (Wildman–Crippen LogP) is 21.9. The van der Waals surface area contributed by atoms with Crippen LogP contribution < -0.4 is 41.3 Å². The molecular weight excluding hydrogens is 1230 g/mol. The van der Waals surface area contributed by atoms with E-state index in [0.717, 1.165) is 23.1 Å². The number of rotatable bonds is 16. The van der Waals surface area contributed by atoms with Crippen molar-refractivity contribution in [1.82, 2.24) is 0 Å². The molecule has 8 heteroatoms. The van der Waals surface area contributed by atoms with Crippen molar-refractivity contribution in [2.24, 2.45) is 11.8 Å². The molecule has 88 heavy (non-hydrogen) atoms. The summed E-state index contributed by atoms with van der Waals surface area (Å²) in [6.07, 6.45) is 23.2. The fourth-order valence-electron chi connectivity index (χ4n) is 15.4. The van der Waals surface area contributed by atoms with Crippen LogP contribution in [0, 0.1) is 53.4 Å². The second-order valence-electron chi connectivity index (χ2n) is 28.7. The molecule has 4 saturated carbocycles. The summed E-state index contributed by atoms with van der Waals surface area (Å²) in [6.45, 7) is 42.4. The van der Waals surface area contributed by atoms with Crippen molar-refractivity contribution in [3.63, 3.8) is 0 Å². The number of ether oxygens (including phenoxy) is 2. The van der Waals surface area contributed by atoms with Crippen molar-refractivity contribution in [3.8, 4) is 11.5 Å². The van der Waals surface area contributed by atoms with Crippen LogP contribution in [-0.4, -0.2) is 45.2 Å². The van der Waals surface area contributed by atoms with Gasteiger partial charge in [0, 0.05) is 44.7 Å². The van der Waals surface area contributed by atoms with Crippen molar-refractivity contribution >= 4 is 63.5 Å². The largest absolute Gasteiger partial charge is 0.490 e. The fraction of sp³-hybridized carbons (Fsp3) is 0.550. The van der Waals surface area contributed by atoms with Crippen LogP contribution >= 0.6 is 31.7 Å². The van der Waals surface area contributed by atoms with Crippen molar-refractivity contribution in [3.05, 3.63) is 167 Å². The Labute approximate surface area is 565 Å². The molecular formula is C80H116Fe2O2P4. The zero-order chi connectivity index (χ0) is 62.3. The average Bonchev–Trinajstić information content (AvgIpc) is 2.70. The van der Waals surface area contributed by atoms with E-state index in [0.29, 0.717) is 33.2 Å². The first-order valence-corrected chi connectivity index (χ1v) is 39.5. The van der Waals surface area contributed by atoms with Gasteiger partial charge in [-0.3, -0.25) is 0 Å². The normalized spacial score (nSPS) is 19.1. The van der Waals surface area contributed by atoms with Gasteiger partial charge >= 0.3 is 0 Å². The first-order chi connectivity index (χ1) is 40.9. The summed E-state index contributed by atoms with van der Waals surface area (Å²) < 4.78 is 13.1. The maximum Gasteiger partial charge on any atom is 0.127 e. The summed E-state index contributed by atoms with van der Waals surface area (Å²) in [5.41, 5.74) is 11.0. The van der Waals surface area contributed by atoms with Gasteiger partial charge < -0.3 is 9.47 Å². The zero-order valence-electron chi connectivity index (χ0n) is 57.9. The summed E-state index contributed by atoms with van der Waals surface area (Å²) in [5.74, 6) is 3.47. The standard InChI is InChI=1S/C41H52O2P2.C29H44P2.2C5H10.2Fe/c1-27(2)42-37-16-10-12-18-40(37)45(41-19-13-11-17-38(41)43-28(3)4)39-20-14-15-36(39)33(9)44(34-23-29(5)21-30(6)24-34)35-25-31(7)22-32(8)26-35;1-21-15-10-12-18-25(21)30(26-19-13-11-16-22(26)2)23(3)24-17-14-20-27(24)31(28(4,5)6)29(7,8)9;2*1-2-4-5-3-1;;/h10-13,16-19,21-28,33,36,39H,14-15,20H2,1-9H3;10-13,15-16,18-19,23-24,27H,14,17,20H2,1-9H3;2*1-5H2;;/t33-,36?,39?;23-,24?,27?;;;;/m10..../s1. The monoisotopic (exact) mass is 1340 g/mol. The third kappa shape index (κ3) is 21.4. The van der Waals surface area contributed by atoms with Crippen LogP contribution in [-0.2, 0) is 34.1 Å². The topological polar surface area (TPSA) is 18.5 Å². The van der Waals surface area contributed by atoms with Crippen molar-refractivity contribution in [1.29, 1.82) is 0 Å². The molecule has 6 atom stereocenters. The van der Waals surface area contributed by atoms with E-state index in [1.54, 1.807) is 10.6 Å². The predicted molar refractivity (Wildman–Crippen MR) is 391 cm³/mol. The summed E-state index contributed by atoms with van der Waals surface area (Å²) in [5, 5.41) is 9.73. The number of benzene rings is 6. The van der Waals surface area contributed by atoms with Gasteiger partial charge in [-0.25, -0.2) is 0 Å². The Morgan fingerprint density at radius 3 is 1.01 bits per heavy atom. The van der Waals surface area contributed by atoms with E-state index in [1.807, 2.05) is 0 Å². The number of hydrogen-bond donors (Lipinski definition) is 0. The molecule has 0 radical (unpaired) electrons. The third-order valence-corrected chi connectivity index (χ3v) is 31.8. The van der Waals surface area contributed by atoms with Crippen LogP contribution in [0.4, 0.5) is 0 Å². The molecule has 10 rings (SSSR count). The Kier molecular flexibility index (Phi) is 31.6. The van der Waals surface area contributed by atoms with Crippen LogP contribution in [0.5, 0.6) is 11.5 Å². The van der Waals surface area contributed by atoms with Crippen LogP contribution in [0.15, 0.2) is 133 Å². The van der Waals surface area contributed by atoms with E-state index in [2.05, 4.69) is 258 Å². The molecule has 0 bridgehead atoms. The second-order valence-corrected chi connectivity index (χ2v) is 40.3. The minimum Gasteiger partial charge on any atom is -0.490 e. The average molecular weight is 1350 g/mol. The van der Waals surface area contributed by atoms with Gasteiger partial charge in [0.25, 0.3) is 0 Å². The molecule has 4 aliphatic rings. The number of aryl methyl sites for hydroxylation is 6. The van der Waals surface area contributed by atoms with Gasteiger partial charge in [-0.1, -0.05) is 284 Å². The van der Waals surface area contributed by atoms with Gasteiger partial charge in [0.2, 0.25) is 0 Å². The summed E-state index contributed by atoms with van der Waals surface area (Å²) in [4.78, 5) is 0. The summed E-state index contributed by atoms with van der Waals surface area (Å²) >= 11 is 0. The minimum atomic E-state index is -0.754. The molecule has 4 aliphatic carbocycles. The number of hydrogen-bond acceptors (Lipinski definition) is 2. The van der Waals surface area contributed by atoms with Crippen LogP contribution in [0.1, 0.15) is 219 Å². The van der Waals surface area contributed by atoms with Gasteiger partial charge in [0.05, 0.1) is 12.2 Å². The SMILES string of the molecule is C1CCCC1.C1CCCC1.Cc1cc(C)cc(P(c2cc(C)cc(C)c2)[C@H](C)C2CCCC2P(c2ccccc2OC(C)C)c2ccccc2OC(C)C)c1.Cc1ccccc1P(c1ccccc1C)[C@@H](C)C1CCCC1P(C(C)(C)C)C(C)(C)C.[Fe].[Fe]. The maximum atomic E-state index is 6.54. The molecule has 0 saturated heterocycles. The Morgan fingerprint density at radius 1 is 0.364 bits per heavy atom. The number of para-hydroxylation sites is 2. The van der Waals surface area contributed by atoms with E-state index >= 15 is 0 Å². The fourth-order valence-corrected chi connectivity index (χ4v) is 31.0. The van der Waals surface area contributed by atoms with Gasteiger partial charge in [-0.05, 0) is 208 Å². The van der Waals surface area contributed by atoms with E-state index in [4.69, 9.17) is 9.47 Å². The molecule has 0 amide bonds. The Hall–Kier alpha value is -2.32. The third-order valence-electron chi connectivity index (χ3n) is 18.4. The first kappa shape index (κ1) is 76.4. The van der Waals surface area contributed by atoms with E-state index in [9.17, 15) is 0 Å². The molecule has 0 aromatic heterocycles. The minimum absolute atomic E-state index is 0. The zero-order valence-corrected chi connectivity index (χ0v) is 63.7. The van der Waals surface area contributed by atoms with E-state index in [1.165, 1.54) is 157 Å². The van der Waals surface area contributed by atoms with Crippen molar-refractivity contribution < 1.29 is 43.6 Å². The van der Waals surface area contributed by atoms with Crippen LogP contribution in [0.2, 0.25) is 0 Å². The summed E-state index contributed by atoms with van der Waals surface area (Å²) in [6, 6.07) is 50.6. The molecule has 6 aromatic rings.